The maximum Gasteiger partial charge on any atom is 0.0703 e. The molecule has 3 unspecified atom stereocenters. The van der Waals surface area contributed by atoms with Crippen molar-refractivity contribution in [3.05, 3.63) is 36.5 Å². The minimum atomic E-state index is 0.374. The first kappa shape index (κ1) is 13.1. The van der Waals surface area contributed by atoms with Gasteiger partial charge < -0.3 is 5.32 Å². The Bertz CT molecular complexity index is 686. The van der Waals surface area contributed by atoms with E-state index in [1.54, 1.807) is 0 Å². The van der Waals surface area contributed by atoms with Crippen LogP contribution in [-0.2, 0) is 0 Å². The lowest BCUT2D eigenvalue weighted by atomic mass is 9.68. The van der Waals surface area contributed by atoms with Crippen LogP contribution >= 0.6 is 0 Å². The van der Waals surface area contributed by atoms with Crippen LogP contribution in [0.15, 0.2) is 36.5 Å². The zero-order valence-corrected chi connectivity index (χ0v) is 13.2. The van der Waals surface area contributed by atoms with Crippen LogP contribution in [0.25, 0.3) is 10.9 Å². The molecule has 2 aliphatic carbocycles. The van der Waals surface area contributed by atoms with E-state index in [2.05, 4.69) is 55.3 Å². The van der Waals surface area contributed by atoms with Crippen molar-refractivity contribution < 1.29 is 0 Å². The van der Waals surface area contributed by atoms with Gasteiger partial charge >= 0.3 is 0 Å². The predicted octanol–water partition coefficient (Wildman–Crippen LogP) is 4.86. The Balaban J connectivity index is 1.68. The van der Waals surface area contributed by atoms with Crippen LogP contribution in [0.2, 0.25) is 0 Å². The summed E-state index contributed by atoms with van der Waals surface area (Å²) in [5.74, 6) is 0.869. The average molecular weight is 280 g/mol. The summed E-state index contributed by atoms with van der Waals surface area (Å²) in [6.07, 6.45) is 6.13. The van der Waals surface area contributed by atoms with Gasteiger partial charge in [0.25, 0.3) is 0 Å². The molecule has 110 valence electrons. The average Bonchev–Trinajstić information content (AvgIpc) is 2.95. The number of nitrogens with zero attached hydrogens (tertiary/aromatic N) is 1. The molecule has 0 radical (unpaired) electrons. The molecule has 2 bridgehead atoms. The number of pyridine rings is 1. The number of fused-ring (bicyclic) bond motifs is 3. The van der Waals surface area contributed by atoms with Crippen molar-refractivity contribution in [3.63, 3.8) is 0 Å². The van der Waals surface area contributed by atoms with Crippen molar-refractivity contribution in [2.75, 3.05) is 5.32 Å². The van der Waals surface area contributed by atoms with Gasteiger partial charge in [0.05, 0.1) is 17.4 Å². The molecule has 2 nitrogen and oxygen atoms in total. The quantitative estimate of drug-likeness (QED) is 0.849. The van der Waals surface area contributed by atoms with Crippen LogP contribution in [0, 0.1) is 16.7 Å². The third kappa shape index (κ3) is 1.88. The van der Waals surface area contributed by atoms with Crippen molar-refractivity contribution in [1.29, 1.82) is 0 Å². The maximum absolute atomic E-state index is 4.59. The lowest BCUT2D eigenvalue weighted by Crippen LogP contribution is -2.45. The summed E-state index contributed by atoms with van der Waals surface area (Å²) in [4.78, 5) is 4.59. The Labute approximate surface area is 127 Å². The Morgan fingerprint density at radius 1 is 1.19 bits per heavy atom. The van der Waals surface area contributed by atoms with Gasteiger partial charge in [0, 0.05) is 11.4 Å². The summed E-state index contributed by atoms with van der Waals surface area (Å²) < 4.78 is 0. The van der Waals surface area contributed by atoms with Gasteiger partial charge in [0.2, 0.25) is 0 Å². The highest BCUT2D eigenvalue weighted by Gasteiger charge is 2.59. The molecule has 2 fully saturated rings. The Morgan fingerprint density at radius 3 is 2.76 bits per heavy atom. The van der Waals surface area contributed by atoms with Gasteiger partial charge in [-0.15, -0.1) is 0 Å². The number of hydrogen-bond donors (Lipinski definition) is 1. The van der Waals surface area contributed by atoms with E-state index in [-0.39, 0.29) is 0 Å². The summed E-state index contributed by atoms with van der Waals surface area (Å²) >= 11 is 0. The van der Waals surface area contributed by atoms with Crippen LogP contribution in [0.1, 0.15) is 40.0 Å². The Kier molecular flexibility index (Phi) is 2.64. The standard InChI is InChI=1S/C19H24N2/c1-18(2)14-8-9-19(3,11-14)17(18)21-15-10-13-6-4-5-7-16(13)20-12-15/h4-7,10,12,14,17,21H,8-9,11H2,1-3H3. The molecule has 0 aliphatic heterocycles. The van der Waals surface area contributed by atoms with E-state index in [0.29, 0.717) is 16.9 Å². The number of benzene rings is 1. The van der Waals surface area contributed by atoms with Gasteiger partial charge in [-0.05, 0) is 48.1 Å². The van der Waals surface area contributed by atoms with Gasteiger partial charge in [-0.2, -0.15) is 0 Å². The first-order chi connectivity index (χ1) is 9.99. The molecule has 2 heteroatoms. The molecule has 2 saturated carbocycles. The van der Waals surface area contributed by atoms with Crippen LogP contribution in [-0.4, -0.2) is 11.0 Å². The van der Waals surface area contributed by atoms with Gasteiger partial charge in [-0.1, -0.05) is 39.0 Å². The molecular weight excluding hydrogens is 256 g/mol. The van der Waals surface area contributed by atoms with Crippen molar-refractivity contribution in [2.45, 2.75) is 46.1 Å². The van der Waals surface area contributed by atoms with E-state index in [0.717, 1.165) is 11.4 Å². The number of aromatic nitrogens is 1. The summed E-state index contributed by atoms with van der Waals surface area (Å²) in [7, 11) is 0. The molecule has 1 aromatic carbocycles. The fraction of sp³-hybridized carbons (Fsp3) is 0.526. The Morgan fingerprint density at radius 2 is 2.00 bits per heavy atom. The molecule has 3 atom stereocenters. The second-order valence-electron chi connectivity index (χ2n) is 7.91. The highest BCUT2D eigenvalue weighted by molar-refractivity contribution is 5.81. The number of nitrogens with one attached hydrogen (secondary N) is 1. The SMILES string of the molecule is CC12CCC(C1)C(C)(C)C2Nc1cnc2ccccc2c1. The van der Waals surface area contributed by atoms with Gasteiger partial charge in [-0.25, -0.2) is 0 Å². The molecular formula is C19H24N2. The molecule has 0 spiro atoms. The first-order valence-corrected chi connectivity index (χ1v) is 8.10. The third-order valence-electron chi connectivity index (χ3n) is 6.17. The molecule has 1 heterocycles. The van der Waals surface area contributed by atoms with Gasteiger partial charge in [0.15, 0.2) is 0 Å². The van der Waals surface area contributed by atoms with Crippen molar-refractivity contribution >= 4 is 16.6 Å². The van der Waals surface area contributed by atoms with E-state index in [1.807, 2.05) is 12.3 Å². The zero-order chi connectivity index (χ0) is 14.7. The molecule has 1 N–H and O–H groups in total. The third-order valence-corrected chi connectivity index (χ3v) is 6.17. The van der Waals surface area contributed by atoms with Crippen LogP contribution in [0.5, 0.6) is 0 Å². The zero-order valence-electron chi connectivity index (χ0n) is 13.2. The summed E-state index contributed by atoms with van der Waals surface area (Å²) in [5, 5.41) is 5.05. The van der Waals surface area contributed by atoms with E-state index >= 15 is 0 Å². The van der Waals surface area contributed by atoms with Crippen LogP contribution in [0.3, 0.4) is 0 Å². The fourth-order valence-electron chi connectivity index (χ4n) is 4.98. The topological polar surface area (TPSA) is 24.9 Å². The van der Waals surface area contributed by atoms with Gasteiger partial charge in [0.1, 0.15) is 0 Å². The highest BCUT2D eigenvalue weighted by Crippen LogP contribution is 2.63. The second-order valence-corrected chi connectivity index (χ2v) is 7.91. The number of anilines is 1. The van der Waals surface area contributed by atoms with E-state index < -0.39 is 0 Å². The molecule has 0 saturated heterocycles. The van der Waals surface area contributed by atoms with Crippen molar-refractivity contribution in [2.24, 2.45) is 16.7 Å². The molecule has 21 heavy (non-hydrogen) atoms. The molecule has 4 rings (SSSR count). The number of para-hydroxylation sites is 1. The van der Waals surface area contributed by atoms with E-state index in [4.69, 9.17) is 0 Å². The number of hydrogen-bond acceptors (Lipinski definition) is 2. The molecule has 2 aromatic rings. The first-order valence-electron chi connectivity index (χ1n) is 8.10. The van der Waals surface area contributed by atoms with Crippen molar-refractivity contribution in [3.8, 4) is 0 Å². The van der Waals surface area contributed by atoms with Crippen LogP contribution in [0.4, 0.5) is 5.69 Å². The fourth-order valence-corrected chi connectivity index (χ4v) is 4.98. The monoisotopic (exact) mass is 280 g/mol. The number of rotatable bonds is 2. The molecule has 2 aliphatic rings. The normalized spacial score (nSPS) is 33.5. The minimum Gasteiger partial charge on any atom is -0.380 e. The molecule has 1 aromatic heterocycles. The lowest BCUT2D eigenvalue weighted by molar-refractivity contribution is 0.155. The molecule has 0 amide bonds. The van der Waals surface area contributed by atoms with E-state index in [9.17, 15) is 0 Å². The second kappa shape index (κ2) is 4.22. The summed E-state index contributed by atoms with van der Waals surface area (Å²) in [6.45, 7) is 7.34. The van der Waals surface area contributed by atoms with E-state index in [1.165, 1.54) is 30.3 Å². The minimum absolute atomic E-state index is 0.374. The Hall–Kier alpha value is -1.57. The smallest absolute Gasteiger partial charge is 0.0703 e. The summed E-state index contributed by atoms with van der Waals surface area (Å²) in [5.41, 5.74) is 3.06. The lowest BCUT2D eigenvalue weighted by Gasteiger charge is -2.43. The van der Waals surface area contributed by atoms with Crippen molar-refractivity contribution in [1.82, 2.24) is 4.98 Å². The van der Waals surface area contributed by atoms with Gasteiger partial charge in [-0.3, -0.25) is 4.98 Å². The predicted molar refractivity (Wildman–Crippen MR) is 88.4 cm³/mol. The summed E-state index contributed by atoms with van der Waals surface area (Å²) in [6, 6.07) is 11.1. The van der Waals surface area contributed by atoms with Crippen LogP contribution < -0.4 is 5.32 Å². The largest absolute Gasteiger partial charge is 0.380 e. The maximum atomic E-state index is 4.59. The highest BCUT2D eigenvalue weighted by atomic mass is 15.0.